The van der Waals surface area contributed by atoms with Gasteiger partial charge in [0, 0.05) is 18.1 Å². The highest BCUT2D eigenvalue weighted by molar-refractivity contribution is 7.92. The van der Waals surface area contributed by atoms with Gasteiger partial charge in [0.25, 0.3) is 0 Å². The number of hydrogen-bond acceptors (Lipinski definition) is 6. The summed E-state index contributed by atoms with van der Waals surface area (Å²) in [6, 6.07) is 10.6. The van der Waals surface area contributed by atoms with Crippen molar-refractivity contribution in [3.05, 3.63) is 78.0 Å². The van der Waals surface area contributed by atoms with Crippen LogP contribution in [0, 0.1) is 23.6 Å². The van der Waals surface area contributed by atoms with Gasteiger partial charge in [0.15, 0.2) is 9.84 Å². The molecule has 2 aliphatic rings. The lowest BCUT2D eigenvalue weighted by Crippen LogP contribution is -2.41. The molecule has 1 saturated heterocycles. The average Bonchev–Trinajstić information content (AvgIpc) is 3.49. The van der Waals surface area contributed by atoms with Crippen LogP contribution >= 0.6 is 0 Å². The number of rotatable bonds is 6. The van der Waals surface area contributed by atoms with E-state index in [0.717, 1.165) is 24.3 Å². The van der Waals surface area contributed by atoms with Gasteiger partial charge in [-0.15, -0.1) is 0 Å². The highest BCUT2D eigenvalue weighted by Crippen LogP contribution is 2.46. The number of carbonyl (C=O) groups excluding carboxylic acids is 1. The zero-order valence-corrected chi connectivity index (χ0v) is 20.7. The van der Waals surface area contributed by atoms with E-state index in [2.05, 4.69) is 15.3 Å². The van der Waals surface area contributed by atoms with Gasteiger partial charge in [0.1, 0.15) is 12.1 Å². The van der Waals surface area contributed by atoms with Gasteiger partial charge < -0.3 is 10.1 Å². The summed E-state index contributed by atoms with van der Waals surface area (Å²) < 4.78 is 84.5. The molecule has 38 heavy (non-hydrogen) atoms. The fourth-order valence-corrected chi connectivity index (χ4v) is 7.51. The lowest BCUT2D eigenvalue weighted by Gasteiger charge is -2.23. The van der Waals surface area contributed by atoms with Crippen molar-refractivity contribution >= 4 is 15.7 Å². The molecular formula is C26H23F4N3O4S. The predicted molar refractivity (Wildman–Crippen MR) is 128 cm³/mol. The SMILES string of the molecule is O=C(NCc1cc(-c2ccc(C(F)(F)F)cc2)ncn1)[C@H]1C[C@@H]2COC[C@@H]2C1S(=O)(=O)c1ccc(F)cc1. The minimum absolute atomic E-state index is 0.0271. The van der Waals surface area contributed by atoms with Crippen LogP contribution in [-0.2, 0) is 32.1 Å². The summed E-state index contributed by atoms with van der Waals surface area (Å²) in [6.45, 7) is 0.564. The van der Waals surface area contributed by atoms with Crippen LogP contribution in [0.1, 0.15) is 17.7 Å². The number of carbonyl (C=O) groups is 1. The molecule has 1 amide bonds. The number of nitrogens with zero attached hydrogens (tertiary/aromatic N) is 2. The van der Waals surface area contributed by atoms with Crippen LogP contribution in [0.3, 0.4) is 0 Å². The van der Waals surface area contributed by atoms with Crippen LogP contribution in [0.2, 0.25) is 0 Å². The highest BCUT2D eigenvalue weighted by Gasteiger charge is 2.54. The Morgan fingerprint density at radius 3 is 2.42 bits per heavy atom. The Kier molecular flexibility index (Phi) is 6.95. The van der Waals surface area contributed by atoms with Crippen LogP contribution in [-0.4, -0.2) is 42.8 Å². The monoisotopic (exact) mass is 549 g/mol. The summed E-state index contributed by atoms with van der Waals surface area (Å²) in [5.74, 6) is -2.29. The standard InChI is InChI=1S/C26H23F4N3O4S/c27-18-5-7-20(8-6-18)38(35,36)24-21(9-16-12-37-13-22(16)24)25(34)31-11-19-10-23(33-14-32-19)15-1-3-17(4-2-15)26(28,29)30/h1-8,10,14,16,21-22,24H,9,11-13H2,(H,31,34)/t16-,21+,22+,24?/m1/s1. The number of benzene rings is 2. The molecule has 7 nitrogen and oxygen atoms in total. The van der Waals surface area contributed by atoms with Gasteiger partial charge in [-0.25, -0.2) is 22.8 Å². The van der Waals surface area contributed by atoms with Gasteiger partial charge in [-0.1, -0.05) is 12.1 Å². The molecule has 1 aliphatic carbocycles. The lowest BCUT2D eigenvalue weighted by atomic mass is 10.0. The fourth-order valence-electron chi connectivity index (χ4n) is 5.25. The van der Waals surface area contributed by atoms with Crippen LogP contribution in [0.5, 0.6) is 0 Å². The smallest absolute Gasteiger partial charge is 0.381 e. The highest BCUT2D eigenvalue weighted by atomic mass is 32.2. The van der Waals surface area contributed by atoms with Crippen molar-refractivity contribution in [1.82, 2.24) is 15.3 Å². The molecule has 200 valence electrons. The second-order valence-electron chi connectivity index (χ2n) is 9.45. The maximum atomic E-state index is 13.5. The van der Waals surface area contributed by atoms with E-state index in [4.69, 9.17) is 4.74 Å². The zero-order chi connectivity index (χ0) is 27.1. The summed E-state index contributed by atoms with van der Waals surface area (Å²) in [5, 5.41) is 1.74. The molecule has 4 atom stereocenters. The van der Waals surface area contributed by atoms with Crippen molar-refractivity contribution in [3.63, 3.8) is 0 Å². The Morgan fingerprint density at radius 1 is 1.03 bits per heavy atom. The van der Waals surface area contributed by atoms with Crippen LogP contribution in [0.4, 0.5) is 17.6 Å². The third kappa shape index (κ3) is 5.14. The van der Waals surface area contributed by atoms with Crippen LogP contribution in [0.15, 0.2) is 65.8 Å². The van der Waals surface area contributed by atoms with E-state index in [1.165, 1.54) is 30.6 Å². The molecule has 12 heteroatoms. The summed E-state index contributed by atoms with van der Waals surface area (Å²) in [7, 11) is -3.96. The molecule has 0 radical (unpaired) electrons. The van der Waals surface area contributed by atoms with E-state index >= 15 is 0 Å². The first-order valence-electron chi connectivity index (χ1n) is 11.9. The quantitative estimate of drug-likeness (QED) is 0.368. The summed E-state index contributed by atoms with van der Waals surface area (Å²) in [4.78, 5) is 21.4. The van der Waals surface area contributed by atoms with E-state index in [9.17, 15) is 30.8 Å². The average molecular weight is 550 g/mol. The van der Waals surface area contributed by atoms with Gasteiger partial charge >= 0.3 is 6.18 Å². The first-order valence-corrected chi connectivity index (χ1v) is 13.4. The predicted octanol–water partition coefficient (Wildman–Crippen LogP) is 4.04. The normalized spacial score (nSPS) is 23.3. The molecule has 1 aromatic heterocycles. The molecular weight excluding hydrogens is 526 g/mol. The number of halogens is 4. The third-order valence-corrected chi connectivity index (χ3v) is 9.46. The number of hydrogen-bond donors (Lipinski definition) is 1. The van der Waals surface area contributed by atoms with Gasteiger partial charge in [-0.3, -0.25) is 4.79 Å². The number of alkyl halides is 3. The minimum atomic E-state index is -4.45. The molecule has 1 aliphatic heterocycles. The Balaban J connectivity index is 1.32. The number of amides is 1. The van der Waals surface area contributed by atoms with Crippen molar-refractivity contribution in [2.75, 3.05) is 13.2 Å². The summed E-state index contributed by atoms with van der Waals surface area (Å²) in [6.07, 6.45) is -2.87. The third-order valence-electron chi connectivity index (χ3n) is 7.14. The molecule has 2 fully saturated rings. The molecule has 1 unspecified atom stereocenters. The van der Waals surface area contributed by atoms with Gasteiger partial charge in [0.2, 0.25) is 5.91 Å². The number of aromatic nitrogens is 2. The van der Waals surface area contributed by atoms with Crippen LogP contribution < -0.4 is 5.32 Å². The second-order valence-corrected chi connectivity index (χ2v) is 11.6. The maximum Gasteiger partial charge on any atom is 0.416 e. The molecule has 2 aromatic carbocycles. The first kappa shape index (κ1) is 26.2. The minimum Gasteiger partial charge on any atom is -0.381 e. The number of sulfone groups is 1. The number of ether oxygens (including phenoxy) is 1. The Bertz CT molecular complexity index is 1430. The van der Waals surface area contributed by atoms with Crippen LogP contribution in [0.25, 0.3) is 11.3 Å². The molecule has 3 aromatic rings. The second kappa shape index (κ2) is 10.1. The topological polar surface area (TPSA) is 98.2 Å². The Hall–Kier alpha value is -3.38. The summed E-state index contributed by atoms with van der Waals surface area (Å²) in [5.41, 5.74) is 0.451. The van der Waals surface area contributed by atoms with Crippen molar-refractivity contribution in [1.29, 1.82) is 0 Å². The molecule has 5 rings (SSSR count). The number of fused-ring (bicyclic) bond motifs is 1. The Morgan fingerprint density at radius 2 is 1.74 bits per heavy atom. The first-order chi connectivity index (χ1) is 18.0. The van der Waals surface area contributed by atoms with Crippen molar-refractivity contribution in [2.24, 2.45) is 17.8 Å². The maximum absolute atomic E-state index is 13.5. The Labute approximate surface area is 216 Å². The van der Waals surface area contributed by atoms with E-state index in [0.29, 0.717) is 30.0 Å². The fraction of sp³-hybridized carbons (Fsp3) is 0.346. The van der Waals surface area contributed by atoms with Crippen molar-refractivity contribution in [2.45, 2.75) is 29.3 Å². The lowest BCUT2D eigenvalue weighted by molar-refractivity contribution is -0.137. The molecule has 0 bridgehead atoms. The van der Waals surface area contributed by atoms with Gasteiger partial charge in [0.05, 0.1) is 46.2 Å². The molecule has 0 spiro atoms. The van der Waals surface area contributed by atoms with E-state index in [-0.39, 0.29) is 29.9 Å². The molecule has 1 N–H and O–H groups in total. The number of nitrogens with one attached hydrogen (secondary N) is 1. The zero-order valence-electron chi connectivity index (χ0n) is 19.9. The van der Waals surface area contributed by atoms with E-state index in [1.54, 1.807) is 6.07 Å². The molecule has 2 heterocycles. The van der Waals surface area contributed by atoms with Crippen molar-refractivity contribution in [3.8, 4) is 11.3 Å². The van der Waals surface area contributed by atoms with E-state index < -0.39 is 44.5 Å². The molecule has 1 saturated carbocycles. The largest absolute Gasteiger partial charge is 0.416 e. The van der Waals surface area contributed by atoms with Gasteiger partial charge in [-0.2, -0.15) is 13.2 Å². The van der Waals surface area contributed by atoms with Gasteiger partial charge in [-0.05, 0) is 54.8 Å². The van der Waals surface area contributed by atoms with Crippen molar-refractivity contribution < 1.29 is 35.5 Å². The summed E-state index contributed by atoms with van der Waals surface area (Å²) >= 11 is 0. The van der Waals surface area contributed by atoms with E-state index in [1.807, 2.05) is 0 Å².